The van der Waals surface area contributed by atoms with Crippen LogP contribution in [-0.2, 0) is 5.88 Å². The van der Waals surface area contributed by atoms with E-state index in [1.54, 1.807) is 0 Å². The zero-order valence-electron chi connectivity index (χ0n) is 11.5. The standard InChI is InChI=1S/C15H20ClN3/c1-11-10-18(2)8-7-13(11)19-14-6-4-3-5-12(14)17-15(19)9-16/h3-6,11,13H,7-10H2,1-2H3. The van der Waals surface area contributed by atoms with Crippen LogP contribution < -0.4 is 0 Å². The van der Waals surface area contributed by atoms with Gasteiger partial charge in [-0.15, -0.1) is 11.6 Å². The van der Waals surface area contributed by atoms with Crippen molar-refractivity contribution in [1.29, 1.82) is 0 Å². The topological polar surface area (TPSA) is 21.1 Å². The second-order valence-electron chi connectivity index (χ2n) is 5.62. The maximum atomic E-state index is 6.11. The molecule has 19 heavy (non-hydrogen) atoms. The first-order valence-electron chi connectivity index (χ1n) is 6.91. The average molecular weight is 278 g/mol. The lowest BCUT2D eigenvalue weighted by Gasteiger charge is -2.36. The van der Waals surface area contributed by atoms with Crippen molar-refractivity contribution in [1.82, 2.24) is 14.5 Å². The molecule has 2 heterocycles. The van der Waals surface area contributed by atoms with Gasteiger partial charge in [0.05, 0.1) is 16.9 Å². The maximum absolute atomic E-state index is 6.11. The number of hydrogen-bond acceptors (Lipinski definition) is 2. The summed E-state index contributed by atoms with van der Waals surface area (Å²) in [5, 5.41) is 0. The fourth-order valence-electron chi connectivity index (χ4n) is 3.28. The van der Waals surface area contributed by atoms with Gasteiger partial charge in [0.15, 0.2) is 0 Å². The number of hydrogen-bond donors (Lipinski definition) is 0. The van der Waals surface area contributed by atoms with Crippen molar-refractivity contribution >= 4 is 22.6 Å². The molecular weight excluding hydrogens is 258 g/mol. The van der Waals surface area contributed by atoms with Gasteiger partial charge >= 0.3 is 0 Å². The molecular formula is C15H20ClN3. The smallest absolute Gasteiger partial charge is 0.125 e. The highest BCUT2D eigenvalue weighted by Gasteiger charge is 2.28. The fourth-order valence-corrected chi connectivity index (χ4v) is 3.47. The minimum atomic E-state index is 0.480. The van der Waals surface area contributed by atoms with E-state index in [2.05, 4.69) is 46.6 Å². The predicted molar refractivity (Wildman–Crippen MR) is 79.6 cm³/mol. The summed E-state index contributed by atoms with van der Waals surface area (Å²) in [6.07, 6.45) is 1.17. The SMILES string of the molecule is CC1CN(C)CCC1n1c(CCl)nc2ccccc21. The number of fused-ring (bicyclic) bond motifs is 1. The Hall–Kier alpha value is -1.06. The molecule has 4 heteroatoms. The molecule has 1 saturated heterocycles. The second kappa shape index (κ2) is 5.14. The number of aromatic nitrogens is 2. The van der Waals surface area contributed by atoms with Crippen LogP contribution in [0, 0.1) is 5.92 Å². The molecule has 0 aliphatic carbocycles. The van der Waals surface area contributed by atoms with E-state index in [-0.39, 0.29) is 0 Å². The number of alkyl halides is 1. The van der Waals surface area contributed by atoms with Crippen LogP contribution in [0.2, 0.25) is 0 Å². The Kier molecular flexibility index (Phi) is 3.50. The zero-order valence-corrected chi connectivity index (χ0v) is 12.3. The Labute approximate surface area is 119 Å². The zero-order chi connectivity index (χ0) is 13.4. The Morgan fingerprint density at radius 1 is 1.37 bits per heavy atom. The van der Waals surface area contributed by atoms with E-state index < -0.39 is 0 Å². The van der Waals surface area contributed by atoms with Crippen LogP contribution in [0.25, 0.3) is 11.0 Å². The number of nitrogens with zero attached hydrogens (tertiary/aromatic N) is 3. The molecule has 3 nitrogen and oxygen atoms in total. The highest BCUT2D eigenvalue weighted by Crippen LogP contribution is 2.32. The van der Waals surface area contributed by atoms with Crippen LogP contribution >= 0.6 is 11.6 Å². The molecule has 2 unspecified atom stereocenters. The van der Waals surface area contributed by atoms with Gasteiger partial charge < -0.3 is 9.47 Å². The maximum Gasteiger partial charge on any atom is 0.125 e. The highest BCUT2D eigenvalue weighted by atomic mass is 35.5. The molecule has 2 aromatic rings. The molecule has 2 atom stereocenters. The van der Waals surface area contributed by atoms with Gasteiger partial charge in [0, 0.05) is 12.6 Å². The van der Waals surface area contributed by atoms with E-state index >= 15 is 0 Å². The minimum Gasteiger partial charge on any atom is -0.323 e. The third kappa shape index (κ3) is 2.26. The lowest BCUT2D eigenvalue weighted by molar-refractivity contribution is 0.160. The molecule has 102 valence electrons. The lowest BCUT2D eigenvalue weighted by Crippen LogP contribution is -2.38. The summed E-state index contributed by atoms with van der Waals surface area (Å²) < 4.78 is 2.38. The van der Waals surface area contributed by atoms with Crippen molar-refractivity contribution < 1.29 is 0 Å². The number of piperidine rings is 1. The molecule has 1 aliphatic rings. The van der Waals surface area contributed by atoms with E-state index in [0.717, 1.165) is 24.4 Å². The van der Waals surface area contributed by atoms with E-state index in [4.69, 9.17) is 11.6 Å². The van der Waals surface area contributed by atoms with Gasteiger partial charge in [-0.3, -0.25) is 0 Å². The first kappa shape index (κ1) is 12.9. The quantitative estimate of drug-likeness (QED) is 0.786. The van der Waals surface area contributed by atoms with E-state index in [9.17, 15) is 0 Å². The van der Waals surface area contributed by atoms with Gasteiger partial charge in [-0.2, -0.15) is 0 Å². The Balaban J connectivity index is 2.08. The van der Waals surface area contributed by atoms with Crippen LogP contribution in [0.15, 0.2) is 24.3 Å². The van der Waals surface area contributed by atoms with Crippen molar-refractivity contribution in [3.63, 3.8) is 0 Å². The van der Waals surface area contributed by atoms with Crippen LogP contribution in [0.1, 0.15) is 25.2 Å². The molecule has 1 fully saturated rings. The predicted octanol–water partition coefficient (Wildman–Crippen LogP) is 3.29. The molecule has 1 aliphatic heterocycles. The normalized spacial score (nSPS) is 25.0. The molecule has 3 rings (SSSR count). The summed E-state index contributed by atoms with van der Waals surface area (Å²) in [7, 11) is 2.20. The van der Waals surface area contributed by atoms with Gasteiger partial charge in [-0.25, -0.2) is 4.98 Å². The summed E-state index contributed by atoms with van der Waals surface area (Å²) in [4.78, 5) is 7.08. The van der Waals surface area contributed by atoms with Gasteiger partial charge in [-0.05, 0) is 38.1 Å². The molecule has 0 bridgehead atoms. The summed E-state index contributed by atoms with van der Waals surface area (Å²) in [6, 6.07) is 8.86. The number of para-hydroxylation sites is 2. The molecule has 0 spiro atoms. The third-order valence-electron chi connectivity index (χ3n) is 4.18. The van der Waals surface area contributed by atoms with Crippen LogP contribution in [-0.4, -0.2) is 34.6 Å². The van der Waals surface area contributed by atoms with Crippen molar-refractivity contribution in [2.24, 2.45) is 5.92 Å². The lowest BCUT2D eigenvalue weighted by atomic mass is 9.93. The van der Waals surface area contributed by atoms with Crippen LogP contribution in [0.5, 0.6) is 0 Å². The van der Waals surface area contributed by atoms with Gasteiger partial charge in [0.2, 0.25) is 0 Å². The highest BCUT2D eigenvalue weighted by molar-refractivity contribution is 6.16. The van der Waals surface area contributed by atoms with E-state index in [1.165, 1.54) is 11.9 Å². The van der Waals surface area contributed by atoms with Crippen LogP contribution in [0.3, 0.4) is 0 Å². The Bertz CT molecular complexity index is 578. The van der Waals surface area contributed by atoms with Gasteiger partial charge in [0.25, 0.3) is 0 Å². The van der Waals surface area contributed by atoms with Gasteiger partial charge in [-0.1, -0.05) is 19.1 Å². The number of rotatable bonds is 2. The van der Waals surface area contributed by atoms with E-state index in [1.807, 2.05) is 6.07 Å². The minimum absolute atomic E-state index is 0.480. The molecule has 0 radical (unpaired) electrons. The number of likely N-dealkylation sites (tertiary alicyclic amines) is 1. The monoisotopic (exact) mass is 277 g/mol. The number of imidazole rings is 1. The summed E-state index contributed by atoms with van der Waals surface area (Å²) in [5.74, 6) is 2.11. The first-order valence-corrected chi connectivity index (χ1v) is 7.44. The number of halogens is 1. The molecule has 0 N–H and O–H groups in total. The van der Waals surface area contributed by atoms with E-state index in [0.29, 0.717) is 17.8 Å². The summed E-state index contributed by atoms with van der Waals surface area (Å²) in [6.45, 7) is 4.61. The Morgan fingerprint density at radius 2 is 2.16 bits per heavy atom. The average Bonchev–Trinajstić information content (AvgIpc) is 2.77. The van der Waals surface area contributed by atoms with Crippen molar-refractivity contribution in [2.45, 2.75) is 25.3 Å². The second-order valence-corrected chi connectivity index (χ2v) is 5.88. The van der Waals surface area contributed by atoms with Crippen LogP contribution in [0.4, 0.5) is 0 Å². The van der Waals surface area contributed by atoms with Gasteiger partial charge in [0.1, 0.15) is 5.82 Å². The molecule has 0 amide bonds. The summed E-state index contributed by atoms with van der Waals surface area (Å²) >= 11 is 6.11. The van der Waals surface area contributed by atoms with Crippen molar-refractivity contribution in [3.8, 4) is 0 Å². The number of benzene rings is 1. The largest absolute Gasteiger partial charge is 0.323 e. The first-order chi connectivity index (χ1) is 9.20. The van der Waals surface area contributed by atoms with Crippen molar-refractivity contribution in [3.05, 3.63) is 30.1 Å². The Morgan fingerprint density at radius 3 is 2.89 bits per heavy atom. The third-order valence-corrected chi connectivity index (χ3v) is 4.42. The van der Waals surface area contributed by atoms with Crippen molar-refractivity contribution in [2.75, 3.05) is 20.1 Å². The molecule has 1 aromatic carbocycles. The molecule has 0 saturated carbocycles. The fraction of sp³-hybridized carbons (Fsp3) is 0.533. The molecule has 1 aromatic heterocycles. The summed E-state index contributed by atoms with van der Waals surface area (Å²) in [5.41, 5.74) is 2.28.